The standard InChI is InChI=1S/C16H12Cl2N4OS/c1-10(15(23)11-2-4-12(17)5-3-11)24-16-19-20-21-22(16)14-8-6-13(18)7-9-14/h2-10H,1H3/t10-/m0/s1. The summed E-state index contributed by atoms with van der Waals surface area (Å²) in [7, 11) is 0. The monoisotopic (exact) mass is 378 g/mol. The summed E-state index contributed by atoms with van der Waals surface area (Å²) in [5, 5.41) is 13.1. The molecule has 3 rings (SSSR count). The van der Waals surface area contributed by atoms with E-state index in [4.69, 9.17) is 23.2 Å². The summed E-state index contributed by atoms with van der Waals surface area (Å²) in [5.74, 6) is -0.0117. The second-order valence-corrected chi connectivity index (χ2v) is 7.16. The van der Waals surface area contributed by atoms with Crippen molar-refractivity contribution in [3.63, 3.8) is 0 Å². The largest absolute Gasteiger partial charge is 0.293 e. The number of thioether (sulfide) groups is 1. The minimum atomic E-state index is -0.344. The highest BCUT2D eigenvalue weighted by atomic mass is 35.5. The van der Waals surface area contributed by atoms with Crippen molar-refractivity contribution in [3.8, 4) is 5.69 Å². The lowest BCUT2D eigenvalue weighted by atomic mass is 10.1. The number of benzene rings is 2. The van der Waals surface area contributed by atoms with Crippen molar-refractivity contribution in [2.75, 3.05) is 0 Å². The highest BCUT2D eigenvalue weighted by molar-refractivity contribution is 8.00. The molecule has 0 aliphatic heterocycles. The molecule has 122 valence electrons. The molecule has 0 bridgehead atoms. The fourth-order valence-electron chi connectivity index (χ4n) is 2.06. The predicted octanol–water partition coefficient (Wildman–Crippen LogP) is 4.33. The van der Waals surface area contributed by atoms with Gasteiger partial charge in [0.05, 0.1) is 10.9 Å². The van der Waals surface area contributed by atoms with Gasteiger partial charge in [0, 0.05) is 15.6 Å². The molecule has 0 fully saturated rings. The zero-order valence-corrected chi connectivity index (χ0v) is 14.9. The third-order valence-electron chi connectivity index (χ3n) is 3.29. The lowest BCUT2D eigenvalue weighted by molar-refractivity contribution is 0.0994. The van der Waals surface area contributed by atoms with Crippen LogP contribution in [0.25, 0.3) is 5.69 Å². The first-order chi connectivity index (χ1) is 11.5. The number of aromatic nitrogens is 4. The first-order valence-corrected chi connectivity index (χ1v) is 8.69. The lowest BCUT2D eigenvalue weighted by Gasteiger charge is -2.10. The van der Waals surface area contributed by atoms with Gasteiger partial charge in [0.25, 0.3) is 0 Å². The van der Waals surface area contributed by atoms with E-state index in [1.54, 1.807) is 41.1 Å². The van der Waals surface area contributed by atoms with Crippen LogP contribution in [0.5, 0.6) is 0 Å². The number of carbonyl (C=O) groups is 1. The van der Waals surface area contributed by atoms with Crippen LogP contribution in [0.15, 0.2) is 53.7 Å². The Morgan fingerprint density at radius 3 is 2.25 bits per heavy atom. The molecule has 0 aliphatic rings. The molecule has 1 heterocycles. The minimum Gasteiger partial charge on any atom is -0.293 e. The van der Waals surface area contributed by atoms with Crippen LogP contribution >= 0.6 is 35.0 Å². The van der Waals surface area contributed by atoms with E-state index in [2.05, 4.69) is 15.5 Å². The molecule has 0 amide bonds. The SMILES string of the molecule is C[C@H](Sc1nnnn1-c1ccc(Cl)cc1)C(=O)c1ccc(Cl)cc1. The van der Waals surface area contributed by atoms with Crippen LogP contribution in [0.3, 0.4) is 0 Å². The first-order valence-electron chi connectivity index (χ1n) is 7.05. The Kier molecular flexibility index (Phi) is 5.18. The Labute approximate surface area is 153 Å². The van der Waals surface area contributed by atoms with Crippen LogP contribution < -0.4 is 0 Å². The van der Waals surface area contributed by atoms with Crippen LogP contribution in [-0.2, 0) is 0 Å². The van der Waals surface area contributed by atoms with Crippen molar-refractivity contribution < 1.29 is 4.79 Å². The number of Topliss-reactive ketones (excluding diaryl/α,β-unsaturated/α-hetero) is 1. The van der Waals surface area contributed by atoms with Gasteiger partial charge in [-0.25, -0.2) is 0 Å². The third-order valence-corrected chi connectivity index (χ3v) is 4.83. The van der Waals surface area contributed by atoms with E-state index in [0.717, 1.165) is 5.69 Å². The molecule has 0 saturated heterocycles. The number of rotatable bonds is 5. The van der Waals surface area contributed by atoms with Gasteiger partial charge in [-0.15, -0.1) is 5.10 Å². The number of hydrogen-bond acceptors (Lipinski definition) is 5. The van der Waals surface area contributed by atoms with E-state index in [1.165, 1.54) is 11.8 Å². The van der Waals surface area contributed by atoms with Crippen molar-refractivity contribution in [3.05, 3.63) is 64.1 Å². The van der Waals surface area contributed by atoms with Crippen LogP contribution in [-0.4, -0.2) is 31.2 Å². The van der Waals surface area contributed by atoms with Gasteiger partial charge in [-0.3, -0.25) is 4.79 Å². The molecule has 1 aromatic heterocycles. The van der Waals surface area contributed by atoms with Crippen LogP contribution in [0, 0.1) is 0 Å². The van der Waals surface area contributed by atoms with Gasteiger partial charge in [0.15, 0.2) is 5.78 Å². The first kappa shape index (κ1) is 17.0. The molecule has 0 aliphatic carbocycles. The summed E-state index contributed by atoms with van der Waals surface area (Å²) >= 11 is 13.0. The number of tetrazole rings is 1. The second kappa shape index (κ2) is 7.34. The van der Waals surface area contributed by atoms with Gasteiger partial charge in [-0.1, -0.05) is 35.0 Å². The van der Waals surface area contributed by atoms with Gasteiger partial charge < -0.3 is 0 Å². The summed E-state index contributed by atoms with van der Waals surface area (Å²) in [6, 6.07) is 14.0. The van der Waals surface area contributed by atoms with E-state index in [0.29, 0.717) is 20.8 Å². The van der Waals surface area contributed by atoms with Gasteiger partial charge in [0.1, 0.15) is 0 Å². The molecular weight excluding hydrogens is 367 g/mol. The minimum absolute atomic E-state index is 0.0117. The molecule has 0 unspecified atom stereocenters. The highest BCUT2D eigenvalue weighted by Crippen LogP contribution is 2.26. The molecule has 1 atom stereocenters. The predicted molar refractivity (Wildman–Crippen MR) is 95.3 cm³/mol. The Balaban J connectivity index is 1.79. The molecule has 2 aromatic carbocycles. The summed E-state index contributed by atoms with van der Waals surface area (Å²) in [5.41, 5.74) is 1.38. The number of hydrogen-bond donors (Lipinski definition) is 0. The Morgan fingerprint density at radius 1 is 1.04 bits per heavy atom. The third kappa shape index (κ3) is 3.77. The van der Waals surface area contributed by atoms with Crippen LogP contribution in [0.4, 0.5) is 0 Å². The smallest absolute Gasteiger partial charge is 0.214 e. The summed E-state index contributed by atoms with van der Waals surface area (Å²) in [6.07, 6.45) is 0. The molecule has 24 heavy (non-hydrogen) atoms. The topological polar surface area (TPSA) is 60.7 Å². The number of halogens is 2. The van der Waals surface area contributed by atoms with E-state index >= 15 is 0 Å². The van der Waals surface area contributed by atoms with Crippen molar-refractivity contribution in [1.82, 2.24) is 20.2 Å². The Bertz CT molecular complexity index is 849. The van der Waals surface area contributed by atoms with Crippen molar-refractivity contribution >= 4 is 40.7 Å². The van der Waals surface area contributed by atoms with Crippen molar-refractivity contribution in [2.24, 2.45) is 0 Å². The number of carbonyl (C=O) groups excluding carboxylic acids is 1. The van der Waals surface area contributed by atoms with E-state index in [9.17, 15) is 4.79 Å². The fraction of sp³-hybridized carbons (Fsp3) is 0.125. The fourth-order valence-corrected chi connectivity index (χ4v) is 3.19. The molecule has 0 spiro atoms. The lowest BCUT2D eigenvalue weighted by Crippen LogP contribution is -2.14. The Morgan fingerprint density at radius 2 is 1.62 bits per heavy atom. The second-order valence-electron chi connectivity index (χ2n) is 4.98. The maximum Gasteiger partial charge on any atom is 0.214 e. The molecule has 0 radical (unpaired) electrons. The van der Waals surface area contributed by atoms with Gasteiger partial charge in [-0.05, 0) is 65.9 Å². The normalized spacial score (nSPS) is 12.1. The van der Waals surface area contributed by atoms with Crippen LogP contribution in [0.2, 0.25) is 10.0 Å². The Hall–Kier alpha value is -1.89. The molecule has 3 aromatic rings. The van der Waals surface area contributed by atoms with Gasteiger partial charge in [-0.2, -0.15) is 4.68 Å². The number of ketones is 1. The zero-order valence-electron chi connectivity index (χ0n) is 12.6. The molecule has 5 nitrogen and oxygen atoms in total. The summed E-state index contributed by atoms with van der Waals surface area (Å²) < 4.78 is 1.58. The number of nitrogens with zero attached hydrogens (tertiary/aromatic N) is 4. The van der Waals surface area contributed by atoms with E-state index in [1.807, 2.05) is 19.1 Å². The molecule has 8 heteroatoms. The van der Waals surface area contributed by atoms with Gasteiger partial charge >= 0.3 is 0 Å². The van der Waals surface area contributed by atoms with Crippen molar-refractivity contribution in [1.29, 1.82) is 0 Å². The van der Waals surface area contributed by atoms with Crippen molar-refractivity contribution in [2.45, 2.75) is 17.3 Å². The molecule has 0 N–H and O–H groups in total. The van der Waals surface area contributed by atoms with Gasteiger partial charge in [0.2, 0.25) is 5.16 Å². The molecule has 0 saturated carbocycles. The van der Waals surface area contributed by atoms with E-state index < -0.39 is 0 Å². The zero-order chi connectivity index (χ0) is 17.1. The quantitative estimate of drug-likeness (QED) is 0.488. The van der Waals surface area contributed by atoms with E-state index in [-0.39, 0.29) is 11.0 Å². The average molecular weight is 379 g/mol. The highest BCUT2D eigenvalue weighted by Gasteiger charge is 2.20. The maximum absolute atomic E-state index is 12.5. The summed E-state index contributed by atoms with van der Waals surface area (Å²) in [4.78, 5) is 12.5. The maximum atomic E-state index is 12.5. The average Bonchev–Trinajstić information content (AvgIpc) is 3.03. The van der Waals surface area contributed by atoms with Crippen LogP contribution in [0.1, 0.15) is 17.3 Å². The molecular formula is C16H12Cl2N4OS. The summed E-state index contributed by atoms with van der Waals surface area (Å²) in [6.45, 7) is 1.82.